The first-order chi connectivity index (χ1) is 8.02. The topological polar surface area (TPSA) is 40.5 Å². The Balaban J connectivity index is 2.38. The summed E-state index contributed by atoms with van der Waals surface area (Å²) >= 11 is 6.98. The molecular weight excluding hydrogens is 350 g/mol. The summed E-state index contributed by atoms with van der Waals surface area (Å²) in [4.78, 5) is 13.6. The van der Waals surface area contributed by atoms with Gasteiger partial charge in [0.25, 0.3) is 0 Å². The number of benzene rings is 1. The van der Waals surface area contributed by atoms with Gasteiger partial charge in [0.1, 0.15) is 0 Å². The van der Waals surface area contributed by atoms with Gasteiger partial charge in [-0.15, -0.1) is 0 Å². The van der Waals surface area contributed by atoms with Gasteiger partial charge in [0.2, 0.25) is 5.91 Å². The lowest BCUT2D eigenvalue weighted by atomic mass is 10.1. The SMILES string of the molecule is Cc1cc(Br)c(N2CC(CO)CC2=O)c(Br)c1. The molecule has 1 fully saturated rings. The van der Waals surface area contributed by atoms with Crippen LogP contribution in [-0.4, -0.2) is 24.2 Å². The Morgan fingerprint density at radius 1 is 1.41 bits per heavy atom. The van der Waals surface area contributed by atoms with Gasteiger partial charge in [0, 0.05) is 34.4 Å². The zero-order valence-corrected chi connectivity index (χ0v) is 12.6. The summed E-state index contributed by atoms with van der Waals surface area (Å²) in [5.74, 6) is 0.108. The minimum atomic E-state index is 0.0441. The second-order valence-corrected chi connectivity index (χ2v) is 6.04. The highest BCUT2D eigenvalue weighted by Gasteiger charge is 2.32. The number of hydrogen-bond donors (Lipinski definition) is 1. The fourth-order valence-corrected chi connectivity index (χ4v) is 3.91. The fraction of sp³-hybridized carbons (Fsp3) is 0.417. The molecule has 1 aliphatic rings. The van der Waals surface area contributed by atoms with E-state index in [1.165, 1.54) is 0 Å². The zero-order chi connectivity index (χ0) is 12.6. The Morgan fingerprint density at radius 3 is 2.47 bits per heavy atom. The van der Waals surface area contributed by atoms with E-state index in [0.717, 1.165) is 20.2 Å². The summed E-state index contributed by atoms with van der Waals surface area (Å²) in [5.41, 5.74) is 1.98. The number of anilines is 1. The van der Waals surface area contributed by atoms with Crippen LogP contribution in [-0.2, 0) is 4.79 Å². The third-order valence-corrected chi connectivity index (χ3v) is 4.10. The van der Waals surface area contributed by atoms with Crippen LogP contribution in [0.3, 0.4) is 0 Å². The fourth-order valence-electron chi connectivity index (χ4n) is 2.07. The lowest BCUT2D eigenvalue weighted by molar-refractivity contribution is -0.117. The van der Waals surface area contributed by atoms with Crippen molar-refractivity contribution in [3.05, 3.63) is 26.6 Å². The van der Waals surface area contributed by atoms with Gasteiger partial charge in [-0.25, -0.2) is 0 Å². The molecule has 0 bridgehead atoms. The number of amides is 1. The van der Waals surface area contributed by atoms with Crippen molar-refractivity contribution in [3.63, 3.8) is 0 Å². The van der Waals surface area contributed by atoms with Crippen LogP contribution in [0.15, 0.2) is 21.1 Å². The van der Waals surface area contributed by atoms with Crippen molar-refractivity contribution in [1.29, 1.82) is 0 Å². The molecule has 3 nitrogen and oxygen atoms in total. The standard InChI is InChI=1S/C12H13Br2NO2/c1-7-2-9(13)12(10(14)3-7)15-5-8(6-16)4-11(15)17/h2-3,8,16H,4-6H2,1H3. The lowest BCUT2D eigenvalue weighted by Crippen LogP contribution is -2.25. The minimum absolute atomic E-state index is 0.0441. The maximum Gasteiger partial charge on any atom is 0.227 e. The Morgan fingerprint density at radius 2 is 2.00 bits per heavy atom. The van der Waals surface area contributed by atoms with Gasteiger partial charge in [0.05, 0.1) is 5.69 Å². The summed E-state index contributed by atoms with van der Waals surface area (Å²) in [6.45, 7) is 2.64. The van der Waals surface area contributed by atoms with Gasteiger partial charge < -0.3 is 10.0 Å². The van der Waals surface area contributed by atoms with Crippen LogP contribution in [0.5, 0.6) is 0 Å². The van der Waals surface area contributed by atoms with Crippen LogP contribution in [0.4, 0.5) is 5.69 Å². The summed E-state index contributed by atoms with van der Waals surface area (Å²) in [5, 5.41) is 9.13. The van der Waals surface area contributed by atoms with Crippen molar-refractivity contribution in [2.45, 2.75) is 13.3 Å². The average molecular weight is 363 g/mol. The molecule has 1 aromatic rings. The normalized spacial score (nSPS) is 20.1. The van der Waals surface area contributed by atoms with E-state index in [2.05, 4.69) is 31.9 Å². The smallest absolute Gasteiger partial charge is 0.227 e. The van der Waals surface area contributed by atoms with E-state index in [1.807, 2.05) is 19.1 Å². The van der Waals surface area contributed by atoms with E-state index in [-0.39, 0.29) is 18.4 Å². The molecule has 1 N–H and O–H groups in total. The van der Waals surface area contributed by atoms with Crippen molar-refractivity contribution in [3.8, 4) is 0 Å². The lowest BCUT2D eigenvalue weighted by Gasteiger charge is -2.20. The first-order valence-electron chi connectivity index (χ1n) is 5.39. The monoisotopic (exact) mass is 361 g/mol. The van der Waals surface area contributed by atoms with Crippen LogP contribution in [0.1, 0.15) is 12.0 Å². The van der Waals surface area contributed by atoms with Crippen LogP contribution < -0.4 is 4.90 Å². The van der Waals surface area contributed by atoms with E-state index in [9.17, 15) is 4.79 Å². The van der Waals surface area contributed by atoms with Crippen LogP contribution in [0, 0.1) is 12.8 Å². The number of halogens is 2. The Labute approximate surface area is 117 Å². The Bertz CT molecular complexity index is 439. The molecule has 1 aromatic carbocycles. The number of carbonyl (C=O) groups is 1. The number of aryl methyl sites for hydroxylation is 1. The molecule has 5 heteroatoms. The third-order valence-electron chi connectivity index (χ3n) is 2.89. The molecular formula is C12H13Br2NO2. The molecule has 1 heterocycles. The van der Waals surface area contributed by atoms with Crippen molar-refractivity contribution < 1.29 is 9.90 Å². The van der Waals surface area contributed by atoms with Gasteiger partial charge in [0.15, 0.2) is 0 Å². The Kier molecular flexibility index (Phi) is 3.90. The molecule has 1 aliphatic heterocycles. The van der Waals surface area contributed by atoms with E-state index in [0.29, 0.717) is 13.0 Å². The maximum atomic E-state index is 11.9. The molecule has 0 aromatic heterocycles. The van der Waals surface area contributed by atoms with Gasteiger partial charge in [-0.2, -0.15) is 0 Å². The van der Waals surface area contributed by atoms with Crippen LogP contribution in [0.2, 0.25) is 0 Å². The zero-order valence-electron chi connectivity index (χ0n) is 9.41. The molecule has 2 rings (SSSR count). The molecule has 0 spiro atoms. The van der Waals surface area contributed by atoms with Gasteiger partial charge >= 0.3 is 0 Å². The third kappa shape index (κ3) is 2.56. The summed E-state index contributed by atoms with van der Waals surface area (Å²) < 4.78 is 1.80. The molecule has 17 heavy (non-hydrogen) atoms. The van der Waals surface area contributed by atoms with Crippen molar-refractivity contribution in [2.75, 3.05) is 18.1 Å². The molecule has 0 saturated carbocycles. The molecule has 0 aliphatic carbocycles. The maximum absolute atomic E-state index is 11.9. The van der Waals surface area contributed by atoms with Gasteiger partial charge in [-0.3, -0.25) is 4.79 Å². The van der Waals surface area contributed by atoms with Gasteiger partial charge in [-0.05, 0) is 56.5 Å². The van der Waals surface area contributed by atoms with Gasteiger partial charge in [-0.1, -0.05) is 0 Å². The highest BCUT2D eigenvalue weighted by atomic mass is 79.9. The van der Waals surface area contributed by atoms with Crippen molar-refractivity contribution >= 4 is 43.5 Å². The summed E-state index contributed by atoms with van der Waals surface area (Å²) in [6, 6.07) is 3.97. The van der Waals surface area contributed by atoms with Crippen molar-refractivity contribution in [1.82, 2.24) is 0 Å². The molecule has 1 amide bonds. The van der Waals surface area contributed by atoms with E-state index < -0.39 is 0 Å². The van der Waals surface area contributed by atoms with Crippen molar-refractivity contribution in [2.24, 2.45) is 5.92 Å². The second-order valence-electron chi connectivity index (χ2n) is 4.33. The summed E-state index contributed by atoms with van der Waals surface area (Å²) in [6.07, 6.45) is 0.420. The highest BCUT2D eigenvalue weighted by molar-refractivity contribution is 9.11. The predicted octanol–water partition coefficient (Wildman–Crippen LogP) is 2.87. The number of aliphatic hydroxyl groups is 1. The number of carbonyl (C=O) groups excluding carboxylic acids is 1. The number of aliphatic hydroxyl groups excluding tert-OH is 1. The predicted molar refractivity (Wildman–Crippen MR) is 74.1 cm³/mol. The van der Waals surface area contributed by atoms with E-state index in [1.54, 1.807) is 4.90 Å². The quantitative estimate of drug-likeness (QED) is 0.878. The number of nitrogens with zero attached hydrogens (tertiary/aromatic N) is 1. The van der Waals surface area contributed by atoms with E-state index >= 15 is 0 Å². The minimum Gasteiger partial charge on any atom is -0.396 e. The Hall–Kier alpha value is -0.390. The van der Waals surface area contributed by atoms with Crippen LogP contribution in [0.25, 0.3) is 0 Å². The number of rotatable bonds is 2. The molecule has 0 radical (unpaired) electrons. The first kappa shape index (κ1) is 13.1. The first-order valence-corrected chi connectivity index (χ1v) is 6.98. The molecule has 1 saturated heterocycles. The largest absolute Gasteiger partial charge is 0.396 e. The second kappa shape index (κ2) is 5.08. The molecule has 1 unspecified atom stereocenters. The molecule has 92 valence electrons. The van der Waals surface area contributed by atoms with E-state index in [4.69, 9.17) is 5.11 Å². The van der Waals surface area contributed by atoms with Crippen LogP contribution >= 0.6 is 31.9 Å². The highest BCUT2D eigenvalue weighted by Crippen LogP contribution is 2.38. The summed E-state index contributed by atoms with van der Waals surface area (Å²) in [7, 11) is 0. The molecule has 1 atom stereocenters. The number of hydrogen-bond acceptors (Lipinski definition) is 2. The average Bonchev–Trinajstić information content (AvgIpc) is 2.59.